The third-order valence-electron chi connectivity index (χ3n) is 4.08. The molecule has 2 aliphatic rings. The summed E-state index contributed by atoms with van der Waals surface area (Å²) in [5.41, 5.74) is 6.75. The van der Waals surface area contributed by atoms with Gasteiger partial charge in [0.15, 0.2) is 0 Å². The van der Waals surface area contributed by atoms with E-state index in [0.717, 1.165) is 4.73 Å². The van der Waals surface area contributed by atoms with Gasteiger partial charge in [0.2, 0.25) is 11.2 Å². The van der Waals surface area contributed by atoms with Crippen molar-refractivity contribution in [2.24, 2.45) is 4.99 Å². The number of aromatic nitrogens is 2. The molecule has 0 bridgehead atoms. The first kappa shape index (κ1) is 14.8. The number of ether oxygens (including phenoxy) is 1. The van der Waals surface area contributed by atoms with Crippen molar-refractivity contribution in [2.45, 2.75) is 11.3 Å². The molecule has 8 heteroatoms. The van der Waals surface area contributed by atoms with E-state index in [1.54, 1.807) is 18.2 Å². The monoisotopic (exact) mass is 343 g/mol. The van der Waals surface area contributed by atoms with Crippen LogP contribution in [0.1, 0.15) is 5.69 Å². The van der Waals surface area contributed by atoms with Crippen LogP contribution in [0.5, 0.6) is 5.75 Å². The summed E-state index contributed by atoms with van der Waals surface area (Å²) in [6, 6.07) is 4.76. The molecule has 0 radical (unpaired) electrons. The lowest BCUT2D eigenvalue weighted by Crippen LogP contribution is -2.28. The van der Waals surface area contributed by atoms with Gasteiger partial charge in [0.1, 0.15) is 16.3 Å². The second kappa shape index (κ2) is 5.41. The summed E-state index contributed by atoms with van der Waals surface area (Å²) in [6.45, 7) is 0. The Bertz CT molecular complexity index is 993. The zero-order chi connectivity index (χ0) is 16.8. The van der Waals surface area contributed by atoms with Crippen molar-refractivity contribution in [3.8, 4) is 5.75 Å². The second-order valence-corrected chi connectivity index (χ2v) is 6.64. The smallest absolute Gasteiger partial charge is 0.348 e. The Hall–Kier alpha value is -2.74. The number of allylic oxidation sites excluding steroid dienone is 2. The number of thioether (sulfide) groups is 1. The van der Waals surface area contributed by atoms with Gasteiger partial charge in [-0.3, -0.25) is 10.7 Å². The molecule has 0 saturated heterocycles. The van der Waals surface area contributed by atoms with E-state index >= 15 is 0 Å². The zero-order valence-corrected chi connectivity index (χ0v) is 13.6. The first-order valence-corrected chi connectivity index (χ1v) is 8.22. The van der Waals surface area contributed by atoms with Crippen molar-refractivity contribution >= 4 is 33.7 Å². The molecule has 122 valence electrons. The van der Waals surface area contributed by atoms with Crippen LogP contribution < -0.4 is 14.9 Å². The van der Waals surface area contributed by atoms with Crippen molar-refractivity contribution in [1.82, 2.24) is 4.73 Å². The van der Waals surface area contributed by atoms with Gasteiger partial charge in [0.05, 0.1) is 18.4 Å². The van der Waals surface area contributed by atoms with E-state index in [1.165, 1.54) is 18.9 Å². The number of fused-ring (bicyclic) bond motifs is 2. The molecule has 0 saturated carbocycles. The van der Waals surface area contributed by atoms with Gasteiger partial charge in [0, 0.05) is 10.5 Å². The van der Waals surface area contributed by atoms with E-state index in [0.29, 0.717) is 20.7 Å². The van der Waals surface area contributed by atoms with Crippen LogP contribution in [-0.2, 0) is 0 Å². The van der Waals surface area contributed by atoms with E-state index in [1.807, 2.05) is 24.3 Å². The van der Waals surface area contributed by atoms with Crippen LogP contribution >= 0.6 is 11.8 Å². The quantitative estimate of drug-likeness (QED) is 0.640. The topological polar surface area (TPSA) is 95.7 Å². The SMILES string of the molecule is COc1ccc2c(c1)n(O)c(C1=N[C@@H]3C=CC=C[C@@H]3S1)c(N)[n+]2=O. The average Bonchev–Trinajstić information content (AvgIpc) is 3.03. The molecule has 7 nitrogen and oxygen atoms in total. The third-order valence-corrected chi connectivity index (χ3v) is 5.31. The normalized spacial score (nSPS) is 21.8. The van der Waals surface area contributed by atoms with Crippen LogP contribution in [0.15, 0.2) is 47.5 Å². The molecule has 0 spiro atoms. The van der Waals surface area contributed by atoms with E-state index in [4.69, 9.17) is 10.5 Å². The highest BCUT2D eigenvalue weighted by Crippen LogP contribution is 2.35. The summed E-state index contributed by atoms with van der Waals surface area (Å²) in [5.74, 6) is 0.439. The van der Waals surface area contributed by atoms with Crippen LogP contribution in [0.2, 0.25) is 0 Å². The highest BCUT2D eigenvalue weighted by Gasteiger charge is 2.34. The fourth-order valence-electron chi connectivity index (χ4n) is 2.84. The fraction of sp³-hybridized carbons (Fsp3) is 0.188. The van der Waals surface area contributed by atoms with Crippen molar-refractivity contribution in [3.63, 3.8) is 0 Å². The first-order chi connectivity index (χ1) is 11.6. The lowest BCUT2D eigenvalue weighted by Gasteiger charge is -2.11. The zero-order valence-electron chi connectivity index (χ0n) is 12.8. The van der Waals surface area contributed by atoms with Gasteiger partial charge < -0.3 is 9.94 Å². The van der Waals surface area contributed by atoms with Crippen molar-refractivity contribution in [3.05, 3.63) is 53.1 Å². The number of rotatable bonds is 2. The van der Waals surface area contributed by atoms with Crippen LogP contribution in [-0.4, -0.2) is 33.4 Å². The molecule has 1 aromatic carbocycles. The highest BCUT2D eigenvalue weighted by atomic mass is 32.2. The molecule has 4 rings (SSSR count). The lowest BCUT2D eigenvalue weighted by molar-refractivity contribution is -0.448. The van der Waals surface area contributed by atoms with Gasteiger partial charge in [-0.15, -0.1) is 0 Å². The molecular weight excluding hydrogens is 328 g/mol. The highest BCUT2D eigenvalue weighted by molar-refractivity contribution is 8.15. The molecule has 0 fully saturated rings. The summed E-state index contributed by atoms with van der Waals surface area (Å²) in [4.78, 5) is 17.1. The number of benzene rings is 1. The maximum Gasteiger partial charge on any atom is 0.348 e. The van der Waals surface area contributed by atoms with Crippen molar-refractivity contribution < 1.29 is 14.4 Å². The number of nitrogen functional groups attached to an aromatic ring is 1. The molecule has 3 N–H and O–H groups in total. The predicted molar refractivity (Wildman–Crippen MR) is 93.4 cm³/mol. The molecule has 2 heterocycles. The standard InChI is InChI=1S/C16H15N4O3S/c1-23-9-6-7-11-12(8-9)19(21)14(15(17)20(11)22)16-18-10-4-2-3-5-13(10)24-16/h2-8,10,13,21H,17H2,1H3/q+1/t10-,13+/m1/s1. The summed E-state index contributed by atoms with van der Waals surface area (Å²) in [6.07, 6.45) is 7.92. The first-order valence-electron chi connectivity index (χ1n) is 7.34. The maximum atomic E-state index is 12.5. The van der Waals surface area contributed by atoms with Gasteiger partial charge in [-0.05, 0) is 12.1 Å². The number of nitrogens with zero attached hydrogens (tertiary/aromatic N) is 3. The van der Waals surface area contributed by atoms with Crippen molar-refractivity contribution in [2.75, 3.05) is 12.8 Å². The Kier molecular flexibility index (Phi) is 3.34. The lowest BCUT2D eigenvalue weighted by atomic mass is 10.1. The van der Waals surface area contributed by atoms with E-state index < -0.39 is 0 Å². The molecule has 1 aliphatic carbocycles. The molecule has 2 atom stereocenters. The van der Waals surface area contributed by atoms with Crippen LogP contribution in [0.4, 0.5) is 5.82 Å². The predicted octanol–water partition coefficient (Wildman–Crippen LogP) is 1.74. The van der Waals surface area contributed by atoms with Crippen LogP contribution in [0.25, 0.3) is 11.0 Å². The average molecular weight is 343 g/mol. The number of hydrogen-bond donors (Lipinski definition) is 2. The number of aliphatic imine (C=N–C) groups is 1. The van der Waals surface area contributed by atoms with Crippen LogP contribution in [0, 0.1) is 4.91 Å². The van der Waals surface area contributed by atoms with E-state index in [-0.39, 0.29) is 28.3 Å². The Morgan fingerprint density at radius 1 is 1.38 bits per heavy atom. The Balaban J connectivity index is 1.94. The minimum absolute atomic E-state index is 0.0180. The van der Waals surface area contributed by atoms with Crippen molar-refractivity contribution in [1.29, 1.82) is 0 Å². The largest absolute Gasteiger partial charge is 0.497 e. The molecule has 0 unspecified atom stereocenters. The Labute approximate surface area is 141 Å². The molecule has 1 aromatic heterocycles. The molecule has 1 aliphatic heterocycles. The van der Waals surface area contributed by atoms with E-state index in [9.17, 15) is 10.1 Å². The third kappa shape index (κ3) is 2.10. The van der Waals surface area contributed by atoms with Crippen LogP contribution in [0.3, 0.4) is 0 Å². The summed E-state index contributed by atoms with van der Waals surface area (Å²) < 4.78 is 6.69. The minimum Gasteiger partial charge on any atom is -0.497 e. The summed E-state index contributed by atoms with van der Waals surface area (Å²) in [7, 11) is 1.52. The molecule has 0 amide bonds. The minimum atomic E-state index is -0.0898. The summed E-state index contributed by atoms with van der Waals surface area (Å²) >= 11 is 1.47. The number of hydrogen-bond acceptors (Lipinski definition) is 6. The maximum absolute atomic E-state index is 12.5. The van der Waals surface area contributed by atoms with Gasteiger partial charge in [0.25, 0.3) is 0 Å². The van der Waals surface area contributed by atoms with E-state index in [2.05, 4.69) is 4.99 Å². The Morgan fingerprint density at radius 3 is 2.92 bits per heavy atom. The van der Waals surface area contributed by atoms with Gasteiger partial charge >= 0.3 is 5.82 Å². The van der Waals surface area contributed by atoms with Gasteiger partial charge in [-0.25, -0.2) is 0 Å². The molecule has 24 heavy (non-hydrogen) atoms. The Morgan fingerprint density at radius 2 is 2.17 bits per heavy atom. The molecular formula is C16H15N4O3S+. The number of nitrogens with two attached hydrogens (primary N) is 1. The van der Waals surface area contributed by atoms with Gasteiger partial charge in [-0.2, -0.15) is 4.73 Å². The number of methoxy groups -OCH3 is 1. The molecule has 2 aromatic rings. The van der Waals surface area contributed by atoms with Gasteiger partial charge in [-0.1, -0.05) is 41.0 Å². The fourth-order valence-corrected chi connectivity index (χ4v) is 4.04. The summed E-state index contributed by atoms with van der Waals surface area (Å²) in [5, 5.41) is 11.3. The second-order valence-electron chi connectivity index (χ2n) is 5.47. The number of anilines is 1.